The fourth-order valence-corrected chi connectivity index (χ4v) is 2.51. The number of benzene rings is 1. The van der Waals surface area contributed by atoms with Crippen LogP contribution in [0.3, 0.4) is 0 Å². The Morgan fingerprint density at radius 1 is 1.23 bits per heavy atom. The van der Waals surface area contributed by atoms with Gasteiger partial charge in [0.15, 0.2) is 0 Å². The molecule has 4 nitrogen and oxygen atoms in total. The van der Waals surface area contributed by atoms with Gasteiger partial charge in [-0.2, -0.15) is 0 Å². The molecule has 1 rings (SSSR count). The van der Waals surface area contributed by atoms with Crippen LogP contribution in [0.15, 0.2) is 24.3 Å². The molecule has 0 aliphatic heterocycles. The van der Waals surface area contributed by atoms with Crippen molar-refractivity contribution in [2.75, 3.05) is 0 Å². The summed E-state index contributed by atoms with van der Waals surface area (Å²) in [5.41, 5.74) is 2.30. The molecule has 0 fully saturated rings. The van der Waals surface area contributed by atoms with Crippen LogP contribution in [0.4, 0.5) is 0 Å². The molecule has 0 radical (unpaired) electrons. The van der Waals surface area contributed by atoms with Crippen molar-refractivity contribution in [2.45, 2.75) is 53.0 Å². The Balaban J connectivity index is 2.75. The molecule has 0 saturated heterocycles. The first kappa shape index (κ1) is 18.2. The minimum atomic E-state index is -0.965. The Kier molecular flexibility index (Phi) is 7.09. The summed E-state index contributed by atoms with van der Waals surface area (Å²) in [7, 11) is 0. The number of rotatable bonds is 8. The molecule has 22 heavy (non-hydrogen) atoms. The van der Waals surface area contributed by atoms with Gasteiger partial charge >= 0.3 is 5.97 Å². The van der Waals surface area contributed by atoms with Gasteiger partial charge in [-0.1, -0.05) is 45.0 Å². The molecule has 2 atom stereocenters. The van der Waals surface area contributed by atoms with Crippen LogP contribution >= 0.6 is 0 Å². The Morgan fingerprint density at radius 2 is 1.86 bits per heavy atom. The molecular formula is C18H27NO3. The Morgan fingerprint density at radius 3 is 2.36 bits per heavy atom. The summed E-state index contributed by atoms with van der Waals surface area (Å²) >= 11 is 0. The highest BCUT2D eigenvalue weighted by Gasteiger charge is 2.25. The van der Waals surface area contributed by atoms with Crippen molar-refractivity contribution >= 4 is 11.9 Å². The SMILES string of the molecule is CCC(Cc1ccccc1C)C(=O)NC(CC(C)C)C(=O)O. The van der Waals surface area contributed by atoms with Gasteiger partial charge in [-0.3, -0.25) is 4.79 Å². The lowest BCUT2D eigenvalue weighted by molar-refractivity contribution is -0.143. The number of carbonyl (C=O) groups excluding carboxylic acids is 1. The van der Waals surface area contributed by atoms with Gasteiger partial charge in [0.2, 0.25) is 5.91 Å². The average Bonchev–Trinajstić information content (AvgIpc) is 2.45. The second kappa shape index (κ2) is 8.57. The molecule has 0 saturated carbocycles. The molecule has 0 heterocycles. The minimum Gasteiger partial charge on any atom is -0.480 e. The van der Waals surface area contributed by atoms with Crippen LogP contribution in [0.1, 0.15) is 44.7 Å². The van der Waals surface area contributed by atoms with E-state index in [1.807, 2.05) is 52.0 Å². The first-order valence-electron chi connectivity index (χ1n) is 7.92. The van der Waals surface area contributed by atoms with Crippen LogP contribution in [0.5, 0.6) is 0 Å². The highest BCUT2D eigenvalue weighted by molar-refractivity contribution is 5.85. The lowest BCUT2D eigenvalue weighted by Crippen LogP contribution is -2.44. The predicted molar refractivity (Wildman–Crippen MR) is 87.7 cm³/mol. The molecule has 4 heteroatoms. The van der Waals surface area contributed by atoms with E-state index in [9.17, 15) is 14.7 Å². The number of carboxylic acid groups (broad SMARTS) is 1. The summed E-state index contributed by atoms with van der Waals surface area (Å²) in [5, 5.41) is 11.9. The second-order valence-corrected chi connectivity index (χ2v) is 6.26. The third-order valence-electron chi connectivity index (χ3n) is 3.91. The van der Waals surface area contributed by atoms with Crippen molar-refractivity contribution in [2.24, 2.45) is 11.8 Å². The molecular weight excluding hydrogens is 278 g/mol. The molecule has 1 amide bonds. The zero-order valence-corrected chi connectivity index (χ0v) is 13.9. The maximum atomic E-state index is 12.4. The number of hydrogen-bond acceptors (Lipinski definition) is 2. The molecule has 0 bridgehead atoms. The van der Waals surface area contributed by atoms with Crippen LogP contribution in [0.2, 0.25) is 0 Å². The number of nitrogens with one attached hydrogen (secondary N) is 1. The van der Waals surface area contributed by atoms with Crippen molar-refractivity contribution in [1.29, 1.82) is 0 Å². The van der Waals surface area contributed by atoms with Gasteiger partial charge in [-0.25, -0.2) is 4.79 Å². The van der Waals surface area contributed by atoms with Crippen LogP contribution in [0, 0.1) is 18.8 Å². The lowest BCUT2D eigenvalue weighted by Gasteiger charge is -2.21. The maximum absolute atomic E-state index is 12.4. The summed E-state index contributed by atoms with van der Waals surface area (Å²) in [4.78, 5) is 23.7. The van der Waals surface area contributed by atoms with Crippen molar-refractivity contribution < 1.29 is 14.7 Å². The van der Waals surface area contributed by atoms with Gasteiger partial charge < -0.3 is 10.4 Å². The largest absolute Gasteiger partial charge is 0.480 e. The minimum absolute atomic E-state index is 0.168. The van der Waals surface area contributed by atoms with E-state index in [2.05, 4.69) is 5.32 Å². The Bertz CT molecular complexity index is 511. The number of hydrogen-bond donors (Lipinski definition) is 2. The molecule has 2 unspecified atom stereocenters. The summed E-state index contributed by atoms with van der Waals surface area (Å²) in [6, 6.07) is 7.18. The molecule has 0 spiro atoms. The molecule has 1 aromatic carbocycles. The third-order valence-corrected chi connectivity index (χ3v) is 3.91. The average molecular weight is 305 g/mol. The predicted octanol–water partition coefficient (Wildman–Crippen LogP) is 3.18. The first-order valence-corrected chi connectivity index (χ1v) is 7.92. The van der Waals surface area contributed by atoms with Crippen LogP contribution in [0.25, 0.3) is 0 Å². The first-order chi connectivity index (χ1) is 10.3. The monoisotopic (exact) mass is 305 g/mol. The van der Waals surface area contributed by atoms with E-state index >= 15 is 0 Å². The van der Waals surface area contributed by atoms with Gasteiger partial charge in [-0.05, 0) is 43.2 Å². The standard InChI is InChI=1S/C18H27NO3/c1-5-14(11-15-9-7-6-8-13(15)4)17(20)19-16(18(21)22)10-12(2)3/h6-9,12,14,16H,5,10-11H2,1-4H3,(H,19,20)(H,21,22). The van der Waals surface area contributed by atoms with Gasteiger partial charge in [0, 0.05) is 5.92 Å². The molecule has 0 aliphatic rings. The van der Waals surface area contributed by atoms with Crippen molar-refractivity contribution in [3.8, 4) is 0 Å². The zero-order valence-electron chi connectivity index (χ0n) is 13.9. The van der Waals surface area contributed by atoms with E-state index in [1.165, 1.54) is 0 Å². The van der Waals surface area contributed by atoms with Gasteiger partial charge in [0.1, 0.15) is 6.04 Å². The van der Waals surface area contributed by atoms with Crippen molar-refractivity contribution in [3.05, 3.63) is 35.4 Å². The van der Waals surface area contributed by atoms with E-state index in [-0.39, 0.29) is 17.7 Å². The summed E-state index contributed by atoms with van der Waals surface area (Å²) < 4.78 is 0. The summed E-state index contributed by atoms with van der Waals surface area (Å²) in [5.74, 6) is -1.11. The lowest BCUT2D eigenvalue weighted by atomic mass is 9.93. The quantitative estimate of drug-likeness (QED) is 0.775. The van der Waals surface area contributed by atoms with E-state index in [0.29, 0.717) is 19.3 Å². The van der Waals surface area contributed by atoms with E-state index in [4.69, 9.17) is 0 Å². The highest BCUT2D eigenvalue weighted by atomic mass is 16.4. The molecule has 0 aliphatic carbocycles. The summed E-state index contributed by atoms with van der Waals surface area (Å²) in [6.07, 6.45) is 1.78. The topological polar surface area (TPSA) is 66.4 Å². The van der Waals surface area contributed by atoms with Gasteiger partial charge in [-0.15, -0.1) is 0 Å². The highest BCUT2D eigenvalue weighted by Crippen LogP contribution is 2.17. The van der Waals surface area contributed by atoms with Gasteiger partial charge in [0.05, 0.1) is 0 Å². The van der Waals surface area contributed by atoms with E-state index in [0.717, 1.165) is 11.1 Å². The molecule has 2 N–H and O–H groups in total. The third kappa shape index (κ3) is 5.51. The molecule has 0 aromatic heterocycles. The van der Waals surface area contributed by atoms with Crippen LogP contribution in [-0.2, 0) is 16.0 Å². The number of aliphatic carboxylic acids is 1. The number of carboxylic acids is 1. The number of aryl methyl sites for hydroxylation is 1. The Labute approximate surface area is 132 Å². The maximum Gasteiger partial charge on any atom is 0.326 e. The van der Waals surface area contributed by atoms with E-state index < -0.39 is 12.0 Å². The number of amides is 1. The normalized spacial score (nSPS) is 13.7. The number of carbonyl (C=O) groups is 2. The Hall–Kier alpha value is -1.84. The second-order valence-electron chi connectivity index (χ2n) is 6.26. The smallest absolute Gasteiger partial charge is 0.326 e. The van der Waals surface area contributed by atoms with Crippen LogP contribution in [-0.4, -0.2) is 23.0 Å². The molecule has 122 valence electrons. The fraction of sp³-hybridized carbons (Fsp3) is 0.556. The van der Waals surface area contributed by atoms with E-state index in [1.54, 1.807) is 0 Å². The van der Waals surface area contributed by atoms with Crippen molar-refractivity contribution in [1.82, 2.24) is 5.32 Å². The van der Waals surface area contributed by atoms with Gasteiger partial charge in [0.25, 0.3) is 0 Å². The summed E-state index contributed by atoms with van der Waals surface area (Å²) in [6.45, 7) is 7.89. The fourth-order valence-electron chi connectivity index (χ4n) is 2.51. The zero-order chi connectivity index (χ0) is 16.7. The van der Waals surface area contributed by atoms with Crippen LogP contribution < -0.4 is 5.32 Å². The molecule has 1 aromatic rings. The van der Waals surface area contributed by atoms with Crippen molar-refractivity contribution in [3.63, 3.8) is 0 Å².